The highest BCUT2D eigenvalue weighted by Gasteiger charge is 2.18. The van der Waals surface area contributed by atoms with Crippen LogP contribution in [0.3, 0.4) is 0 Å². The Morgan fingerprint density at radius 3 is 2.79 bits per heavy atom. The Morgan fingerprint density at radius 2 is 2.11 bits per heavy atom. The lowest BCUT2D eigenvalue weighted by Gasteiger charge is -2.25. The van der Waals surface area contributed by atoms with Crippen LogP contribution < -0.4 is 5.32 Å². The Balaban J connectivity index is 2.40. The lowest BCUT2D eigenvalue weighted by molar-refractivity contribution is 0.000536. The maximum Gasteiger partial charge on any atom is 0.202 e. The topological polar surface area (TPSA) is 48.3 Å². The fourth-order valence-corrected chi connectivity index (χ4v) is 1.87. The largest absolute Gasteiger partial charge is 0.382 e. The molecule has 0 radical (unpaired) electrons. The molecule has 0 aliphatic rings. The van der Waals surface area contributed by atoms with Crippen molar-refractivity contribution in [1.29, 1.82) is 0 Å². The van der Waals surface area contributed by atoms with Crippen LogP contribution in [0.2, 0.25) is 0 Å². The zero-order valence-electron chi connectivity index (χ0n) is 12.6. The van der Waals surface area contributed by atoms with Gasteiger partial charge in [-0.2, -0.15) is 0 Å². The van der Waals surface area contributed by atoms with Gasteiger partial charge in [0.05, 0.1) is 5.60 Å². The van der Waals surface area contributed by atoms with Gasteiger partial charge in [-0.15, -0.1) is 0 Å². The fourth-order valence-electron chi connectivity index (χ4n) is 1.87. The number of nitrogens with zero attached hydrogens (tertiary/aromatic N) is 2. The zero-order chi connectivity index (χ0) is 14.1. The van der Waals surface area contributed by atoms with Gasteiger partial charge in [0.1, 0.15) is 0 Å². The molecule has 0 saturated heterocycles. The minimum Gasteiger partial charge on any atom is -0.382 e. The number of ether oxygens (including phenoxy) is 2. The SMILES string of the molecule is CCOCCCn1ccnc1NCC(C)(C)OCC. The van der Waals surface area contributed by atoms with E-state index in [0.29, 0.717) is 0 Å². The molecule has 0 unspecified atom stereocenters. The molecule has 5 nitrogen and oxygen atoms in total. The maximum absolute atomic E-state index is 5.66. The summed E-state index contributed by atoms with van der Waals surface area (Å²) in [4.78, 5) is 4.33. The molecule has 0 saturated carbocycles. The van der Waals surface area contributed by atoms with Gasteiger partial charge in [0, 0.05) is 45.3 Å². The van der Waals surface area contributed by atoms with Crippen molar-refractivity contribution in [2.45, 2.75) is 46.3 Å². The number of aromatic nitrogens is 2. The van der Waals surface area contributed by atoms with Crippen LogP contribution >= 0.6 is 0 Å². The van der Waals surface area contributed by atoms with Crippen molar-refractivity contribution in [2.75, 3.05) is 31.7 Å². The van der Waals surface area contributed by atoms with E-state index < -0.39 is 0 Å². The van der Waals surface area contributed by atoms with Gasteiger partial charge in [-0.1, -0.05) is 0 Å². The van der Waals surface area contributed by atoms with E-state index in [-0.39, 0.29) is 5.60 Å². The smallest absolute Gasteiger partial charge is 0.202 e. The van der Waals surface area contributed by atoms with E-state index in [1.54, 1.807) is 0 Å². The number of rotatable bonds is 10. The van der Waals surface area contributed by atoms with Gasteiger partial charge in [0.2, 0.25) is 5.95 Å². The van der Waals surface area contributed by atoms with Crippen molar-refractivity contribution in [3.8, 4) is 0 Å². The van der Waals surface area contributed by atoms with E-state index in [1.807, 2.05) is 26.2 Å². The second-order valence-corrected chi connectivity index (χ2v) is 5.04. The number of nitrogens with one attached hydrogen (secondary N) is 1. The maximum atomic E-state index is 5.66. The van der Waals surface area contributed by atoms with Crippen molar-refractivity contribution in [3.05, 3.63) is 12.4 Å². The van der Waals surface area contributed by atoms with Crippen LogP contribution in [0, 0.1) is 0 Å². The number of imidazole rings is 1. The first-order valence-electron chi connectivity index (χ1n) is 7.05. The van der Waals surface area contributed by atoms with Crippen LogP contribution in [0.15, 0.2) is 12.4 Å². The minimum absolute atomic E-state index is 0.184. The molecular formula is C14H27N3O2. The number of hydrogen-bond acceptors (Lipinski definition) is 4. The highest BCUT2D eigenvalue weighted by molar-refractivity contribution is 5.26. The first-order valence-corrected chi connectivity index (χ1v) is 7.05. The second kappa shape index (κ2) is 8.17. The molecule has 1 N–H and O–H groups in total. The molecular weight excluding hydrogens is 242 g/mol. The van der Waals surface area contributed by atoms with E-state index in [9.17, 15) is 0 Å². The number of aryl methyl sites for hydroxylation is 1. The molecule has 1 aromatic rings. The molecule has 0 aliphatic carbocycles. The summed E-state index contributed by atoms with van der Waals surface area (Å²) < 4.78 is 13.1. The quantitative estimate of drug-likeness (QED) is 0.663. The molecule has 0 aliphatic heterocycles. The predicted octanol–water partition coefficient (Wildman–Crippen LogP) is 2.54. The summed E-state index contributed by atoms with van der Waals surface area (Å²) >= 11 is 0. The predicted molar refractivity (Wildman–Crippen MR) is 77.5 cm³/mol. The van der Waals surface area contributed by atoms with E-state index in [4.69, 9.17) is 9.47 Å². The minimum atomic E-state index is -0.184. The molecule has 110 valence electrons. The lowest BCUT2D eigenvalue weighted by Crippen LogP contribution is -2.34. The van der Waals surface area contributed by atoms with Gasteiger partial charge in [-0.05, 0) is 34.1 Å². The van der Waals surface area contributed by atoms with E-state index >= 15 is 0 Å². The molecule has 1 aromatic heterocycles. The Bertz CT molecular complexity index is 350. The normalized spacial score (nSPS) is 11.8. The van der Waals surface area contributed by atoms with E-state index in [2.05, 4.69) is 28.7 Å². The highest BCUT2D eigenvalue weighted by atomic mass is 16.5. The van der Waals surface area contributed by atoms with Gasteiger partial charge < -0.3 is 19.4 Å². The third kappa shape index (κ3) is 6.07. The van der Waals surface area contributed by atoms with Crippen LogP contribution in [0.1, 0.15) is 34.1 Å². The van der Waals surface area contributed by atoms with Crippen LogP contribution in [-0.4, -0.2) is 41.5 Å². The summed E-state index contributed by atoms with van der Waals surface area (Å²) in [5.41, 5.74) is -0.184. The molecule has 5 heteroatoms. The van der Waals surface area contributed by atoms with Crippen LogP contribution in [0.5, 0.6) is 0 Å². The summed E-state index contributed by atoms with van der Waals surface area (Å²) in [5.74, 6) is 0.893. The van der Waals surface area contributed by atoms with Crippen molar-refractivity contribution < 1.29 is 9.47 Å². The Kier molecular flexibility index (Phi) is 6.87. The lowest BCUT2D eigenvalue weighted by atomic mass is 10.1. The van der Waals surface area contributed by atoms with E-state index in [0.717, 1.165) is 45.3 Å². The van der Waals surface area contributed by atoms with Gasteiger partial charge in [-0.3, -0.25) is 0 Å². The summed E-state index contributed by atoms with van der Waals surface area (Å²) in [6.07, 6.45) is 4.80. The van der Waals surface area contributed by atoms with Crippen molar-refractivity contribution in [1.82, 2.24) is 9.55 Å². The monoisotopic (exact) mass is 269 g/mol. The molecule has 0 bridgehead atoms. The molecule has 0 atom stereocenters. The van der Waals surface area contributed by atoms with Gasteiger partial charge in [0.25, 0.3) is 0 Å². The molecule has 0 fully saturated rings. The Morgan fingerprint density at radius 1 is 1.32 bits per heavy atom. The first kappa shape index (κ1) is 16.0. The average molecular weight is 269 g/mol. The van der Waals surface area contributed by atoms with Gasteiger partial charge in [0.15, 0.2) is 0 Å². The molecule has 19 heavy (non-hydrogen) atoms. The van der Waals surface area contributed by atoms with Crippen molar-refractivity contribution in [2.24, 2.45) is 0 Å². The van der Waals surface area contributed by atoms with Crippen molar-refractivity contribution >= 4 is 5.95 Å². The van der Waals surface area contributed by atoms with Gasteiger partial charge >= 0.3 is 0 Å². The summed E-state index contributed by atoms with van der Waals surface area (Å²) in [7, 11) is 0. The van der Waals surface area contributed by atoms with Crippen LogP contribution in [0.25, 0.3) is 0 Å². The fraction of sp³-hybridized carbons (Fsp3) is 0.786. The van der Waals surface area contributed by atoms with Crippen LogP contribution in [-0.2, 0) is 16.0 Å². The third-order valence-electron chi connectivity index (χ3n) is 2.81. The van der Waals surface area contributed by atoms with Crippen molar-refractivity contribution in [3.63, 3.8) is 0 Å². The molecule has 0 spiro atoms. The van der Waals surface area contributed by atoms with Crippen LogP contribution in [0.4, 0.5) is 5.95 Å². The standard InChI is InChI=1S/C14H27N3O2/c1-5-18-11-7-9-17-10-8-15-13(17)16-12-14(3,4)19-6-2/h8,10H,5-7,9,11-12H2,1-4H3,(H,15,16). The molecule has 1 heterocycles. The number of anilines is 1. The third-order valence-corrected chi connectivity index (χ3v) is 2.81. The first-order chi connectivity index (χ1) is 9.09. The van der Waals surface area contributed by atoms with Gasteiger partial charge in [-0.25, -0.2) is 4.98 Å². The summed E-state index contributed by atoms with van der Waals surface area (Å²) in [6, 6.07) is 0. The average Bonchev–Trinajstić information content (AvgIpc) is 2.80. The second-order valence-electron chi connectivity index (χ2n) is 5.04. The summed E-state index contributed by atoms with van der Waals surface area (Å²) in [6.45, 7) is 12.1. The zero-order valence-corrected chi connectivity index (χ0v) is 12.6. The van der Waals surface area contributed by atoms with E-state index in [1.165, 1.54) is 0 Å². The Labute approximate surface area is 116 Å². The molecule has 1 rings (SSSR count). The molecule has 0 aromatic carbocycles. The number of hydrogen-bond donors (Lipinski definition) is 1. The highest BCUT2D eigenvalue weighted by Crippen LogP contribution is 2.12. The molecule has 0 amide bonds. The Hall–Kier alpha value is -1.07. The summed E-state index contributed by atoms with van der Waals surface area (Å²) in [5, 5.41) is 3.35.